The molecule has 0 aliphatic rings. The third-order valence-electron chi connectivity index (χ3n) is 5.22. The number of hydrogen-bond acceptors (Lipinski definition) is 7. The standard InChI is InChI=1S/C22H36N2O7S/c1-18(25)23-13-9-15-32(28,29)31-17-21(2,3)22(20(26)27,12-14-24(4)5)30-16-19-10-7-6-8-11-19/h6-8,10-11H,9,12-17H2,1-5H3,(H,23,25)(H,26,27)/t22-/m0/s1. The topological polar surface area (TPSA) is 122 Å². The van der Waals surface area contributed by atoms with E-state index < -0.39 is 27.1 Å². The summed E-state index contributed by atoms with van der Waals surface area (Å²) in [7, 11) is -0.255. The average molecular weight is 473 g/mol. The predicted molar refractivity (Wildman–Crippen MR) is 122 cm³/mol. The van der Waals surface area contributed by atoms with Gasteiger partial charge in [-0.2, -0.15) is 8.42 Å². The van der Waals surface area contributed by atoms with Crippen LogP contribution in [-0.4, -0.2) is 75.4 Å². The lowest BCUT2D eigenvalue weighted by molar-refractivity contribution is -0.194. The van der Waals surface area contributed by atoms with Crippen LogP contribution >= 0.6 is 0 Å². The molecule has 182 valence electrons. The number of aliphatic carboxylic acids is 1. The lowest BCUT2D eigenvalue weighted by Crippen LogP contribution is -2.57. The van der Waals surface area contributed by atoms with Crippen LogP contribution in [0, 0.1) is 5.41 Å². The van der Waals surface area contributed by atoms with Crippen LogP contribution in [-0.2, 0) is 35.2 Å². The van der Waals surface area contributed by atoms with Crippen molar-refractivity contribution in [3.05, 3.63) is 35.9 Å². The van der Waals surface area contributed by atoms with Crippen molar-refractivity contribution in [3.8, 4) is 0 Å². The van der Waals surface area contributed by atoms with Gasteiger partial charge < -0.3 is 20.1 Å². The monoisotopic (exact) mass is 472 g/mol. The molecule has 0 aromatic heterocycles. The van der Waals surface area contributed by atoms with E-state index in [9.17, 15) is 23.1 Å². The highest BCUT2D eigenvalue weighted by Gasteiger charge is 2.53. The van der Waals surface area contributed by atoms with E-state index in [0.29, 0.717) is 6.54 Å². The summed E-state index contributed by atoms with van der Waals surface area (Å²) in [5.74, 6) is -1.70. The van der Waals surface area contributed by atoms with Gasteiger partial charge in [-0.05, 0) is 26.1 Å². The zero-order chi connectivity index (χ0) is 24.4. The number of amides is 1. The Morgan fingerprint density at radius 1 is 1.16 bits per heavy atom. The molecule has 1 aromatic rings. The van der Waals surface area contributed by atoms with Gasteiger partial charge in [0.15, 0.2) is 5.60 Å². The van der Waals surface area contributed by atoms with Gasteiger partial charge in [-0.1, -0.05) is 44.2 Å². The smallest absolute Gasteiger partial charge is 0.336 e. The Morgan fingerprint density at radius 3 is 2.31 bits per heavy atom. The first-order valence-corrected chi connectivity index (χ1v) is 12.1. The van der Waals surface area contributed by atoms with Gasteiger partial charge >= 0.3 is 5.97 Å². The minimum atomic E-state index is -3.91. The van der Waals surface area contributed by atoms with E-state index in [4.69, 9.17) is 8.92 Å². The van der Waals surface area contributed by atoms with Gasteiger partial charge in [0.05, 0.1) is 19.0 Å². The molecule has 0 heterocycles. The number of carboxylic acid groups (broad SMARTS) is 1. The van der Waals surface area contributed by atoms with Gasteiger partial charge in [-0.15, -0.1) is 0 Å². The second-order valence-electron chi connectivity index (χ2n) is 8.70. The number of carboxylic acids is 1. The van der Waals surface area contributed by atoms with E-state index in [0.717, 1.165) is 5.56 Å². The van der Waals surface area contributed by atoms with Crippen molar-refractivity contribution in [3.63, 3.8) is 0 Å². The van der Waals surface area contributed by atoms with E-state index in [1.807, 2.05) is 49.3 Å². The Labute approximate surface area is 191 Å². The molecule has 0 aliphatic heterocycles. The highest BCUT2D eigenvalue weighted by molar-refractivity contribution is 7.86. The molecule has 0 saturated heterocycles. The van der Waals surface area contributed by atoms with Crippen molar-refractivity contribution >= 4 is 22.0 Å². The van der Waals surface area contributed by atoms with Gasteiger partial charge in [0.1, 0.15) is 0 Å². The molecular weight excluding hydrogens is 436 g/mol. The summed E-state index contributed by atoms with van der Waals surface area (Å²) in [5, 5.41) is 12.7. The molecule has 32 heavy (non-hydrogen) atoms. The summed E-state index contributed by atoms with van der Waals surface area (Å²) in [6.07, 6.45) is 0.332. The summed E-state index contributed by atoms with van der Waals surface area (Å²) >= 11 is 0. The van der Waals surface area contributed by atoms with E-state index in [1.54, 1.807) is 13.8 Å². The molecule has 0 bridgehead atoms. The molecule has 1 aromatic carbocycles. The zero-order valence-corrected chi connectivity index (χ0v) is 20.4. The summed E-state index contributed by atoms with van der Waals surface area (Å²) in [5.41, 5.74) is -2.04. The van der Waals surface area contributed by atoms with Crippen LogP contribution in [0.1, 0.15) is 39.2 Å². The van der Waals surface area contributed by atoms with Gasteiger partial charge in [-0.25, -0.2) is 4.79 Å². The van der Waals surface area contributed by atoms with Crippen LogP contribution in [0.5, 0.6) is 0 Å². The molecular formula is C22H36N2O7S. The maximum atomic E-state index is 12.5. The molecule has 0 fully saturated rings. The Bertz CT molecular complexity index is 841. The number of rotatable bonds is 15. The lowest BCUT2D eigenvalue weighted by atomic mass is 9.73. The third kappa shape index (κ3) is 8.85. The maximum absolute atomic E-state index is 12.5. The Morgan fingerprint density at radius 2 is 1.78 bits per heavy atom. The molecule has 1 amide bonds. The van der Waals surface area contributed by atoms with Crippen molar-refractivity contribution in [2.45, 2.75) is 45.8 Å². The van der Waals surface area contributed by atoms with Crippen LogP contribution in [0.3, 0.4) is 0 Å². The second-order valence-corrected chi connectivity index (χ2v) is 10.5. The fourth-order valence-electron chi connectivity index (χ4n) is 3.15. The molecule has 0 spiro atoms. The number of nitrogens with one attached hydrogen (secondary N) is 1. The third-order valence-corrected chi connectivity index (χ3v) is 6.49. The average Bonchev–Trinajstić information content (AvgIpc) is 2.70. The summed E-state index contributed by atoms with van der Waals surface area (Å²) in [6.45, 7) is 4.96. The zero-order valence-electron chi connectivity index (χ0n) is 19.6. The molecule has 10 heteroatoms. The van der Waals surface area contributed by atoms with Crippen LogP contribution in [0.4, 0.5) is 0 Å². The van der Waals surface area contributed by atoms with Crippen LogP contribution < -0.4 is 5.32 Å². The molecule has 0 radical (unpaired) electrons. The molecule has 0 aliphatic carbocycles. The quantitative estimate of drug-likeness (QED) is 0.293. The number of carbonyl (C=O) groups is 2. The number of hydrogen-bond donors (Lipinski definition) is 2. The minimum Gasteiger partial charge on any atom is -0.479 e. The first kappa shape index (κ1) is 28.0. The van der Waals surface area contributed by atoms with E-state index >= 15 is 0 Å². The van der Waals surface area contributed by atoms with E-state index in [1.165, 1.54) is 6.92 Å². The Balaban J connectivity index is 3.00. The van der Waals surface area contributed by atoms with Crippen LogP contribution in [0.15, 0.2) is 30.3 Å². The Hall–Kier alpha value is -2.01. The number of ether oxygens (including phenoxy) is 1. The highest BCUT2D eigenvalue weighted by Crippen LogP contribution is 2.39. The van der Waals surface area contributed by atoms with Gasteiger partial charge in [0.25, 0.3) is 10.1 Å². The predicted octanol–water partition coefficient (Wildman–Crippen LogP) is 1.88. The van der Waals surface area contributed by atoms with Crippen LogP contribution in [0.2, 0.25) is 0 Å². The first-order chi connectivity index (χ1) is 14.8. The molecule has 0 saturated carbocycles. The second kappa shape index (κ2) is 12.3. The summed E-state index contributed by atoms with van der Waals surface area (Å²) in [4.78, 5) is 25.3. The van der Waals surface area contributed by atoms with Crippen molar-refractivity contribution in [2.24, 2.45) is 5.41 Å². The van der Waals surface area contributed by atoms with Crippen molar-refractivity contribution in [1.29, 1.82) is 0 Å². The van der Waals surface area contributed by atoms with Crippen molar-refractivity contribution in [1.82, 2.24) is 10.2 Å². The minimum absolute atomic E-state index is 0.0630. The molecule has 2 N–H and O–H groups in total. The molecule has 1 rings (SSSR count). The maximum Gasteiger partial charge on any atom is 0.336 e. The fourth-order valence-corrected chi connectivity index (χ4v) is 4.24. The van der Waals surface area contributed by atoms with Gasteiger partial charge in [0.2, 0.25) is 5.91 Å². The molecule has 0 unspecified atom stereocenters. The number of nitrogens with zero attached hydrogens (tertiary/aromatic N) is 1. The van der Waals surface area contributed by atoms with Crippen LogP contribution in [0.25, 0.3) is 0 Å². The highest BCUT2D eigenvalue weighted by atomic mass is 32.2. The van der Waals surface area contributed by atoms with E-state index in [-0.39, 0.29) is 44.3 Å². The van der Waals surface area contributed by atoms with Gasteiger partial charge in [0, 0.05) is 31.8 Å². The molecule has 1 atom stereocenters. The number of benzene rings is 1. The largest absolute Gasteiger partial charge is 0.479 e. The fraction of sp³-hybridized carbons (Fsp3) is 0.636. The SMILES string of the molecule is CC(=O)NCCCS(=O)(=O)OCC(C)(C)[C@@](CCN(C)C)(OCc1ccccc1)C(=O)O. The Kier molecular flexibility index (Phi) is 10.8. The normalized spacial score (nSPS) is 14.2. The first-order valence-electron chi connectivity index (χ1n) is 10.5. The van der Waals surface area contributed by atoms with Crippen molar-refractivity contribution < 1.29 is 32.0 Å². The van der Waals surface area contributed by atoms with Gasteiger partial charge in [-0.3, -0.25) is 8.98 Å². The van der Waals surface area contributed by atoms with E-state index in [2.05, 4.69) is 5.32 Å². The molecule has 9 nitrogen and oxygen atoms in total. The summed E-state index contributed by atoms with van der Waals surface area (Å²) in [6, 6.07) is 9.20. The lowest BCUT2D eigenvalue weighted by Gasteiger charge is -2.43. The van der Waals surface area contributed by atoms with Crippen molar-refractivity contribution in [2.75, 3.05) is 39.5 Å². The number of carbonyl (C=O) groups excluding carboxylic acids is 1. The summed E-state index contributed by atoms with van der Waals surface area (Å²) < 4.78 is 35.9.